The maximum atomic E-state index is 12.5. The SMILES string of the molecule is NC(=S)C1(C(=O)Nc2ncccn2)CCCCCC1. The van der Waals surface area contributed by atoms with Gasteiger partial charge >= 0.3 is 0 Å². The van der Waals surface area contributed by atoms with Crippen molar-refractivity contribution in [1.82, 2.24) is 9.97 Å². The van der Waals surface area contributed by atoms with Crippen molar-refractivity contribution in [2.75, 3.05) is 5.32 Å². The molecular weight excluding hydrogens is 260 g/mol. The minimum atomic E-state index is -0.745. The lowest BCUT2D eigenvalue weighted by Gasteiger charge is -2.29. The number of rotatable bonds is 3. The molecule has 6 heteroatoms. The Kier molecular flexibility index (Phi) is 4.42. The predicted molar refractivity (Wildman–Crippen MR) is 77.6 cm³/mol. The molecule has 0 spiro atoms. The van der Waals surface area contributed by atoms with Gasteiger partial charge in [0.2, 0.25) is 11.9 Å². The van der Waals surface area contributed by atoms with E-state index in [4.69, 9.17) is 18.0 Å². The molecule has 2 rings (SSSR count). The van der Waals surface area contributed by atoms with E-state index in [-0.39, 0.29) is 10.9 Å². The molecule has 1 fully saturated rings. The average molecular weight is 278 g/mol. The number of amides is 1. The number of anilines is 1. The Bertz CT molecular complexity index is 455. The van der Waals surface area contributed by atoms with Gasteiger partial charge in [0.05, 0.1) is 10.4 Å². The van der Waals surface area contributed by atoms with E-state index in [0.717, 1.165) is 25.7 Å². The summed E-state index contributed by atoms with van der Waals surface area (Å²) >= 11 is 5.16. The minimum absolute atomic E-state index is 0.173. The number of aromatic nitrogens is 2. The number of carbonyl (C=O) groups excluding carboxylic acids is 1. The quantitative estimate of drug-likeness (QED) is 0.653. The number of carbonyl (C=O) groups is 1. The predicted octanol–water partition coefficient (Wildman–Crippen LogP) is 2.04. The topological polar surface area (TPSA) is 80.9 Å². The first-order chi connectivity index (χ1) is 9.15. The van der Waals surface area contributed by atoms with Crippen molar-refractivity contribution in [2.24, 2.45) is 11.1 Å². The summed E-state index contributed by atoms with van der Waals surface area (Å²) in [5.74, 6) is 0.125. The molecule has 0 radical (unpaired) electrons. The van der Waals surface area contributed by atoms with Crippen molar-refractivity contribution in [1.29, 1.82) is 0 Å². The highest BCUT2D eigenvalue weighted by atomic mass is 32.1. The molecule has 0 unspecified atom stereocenters. The van der Waals surface area contributed by atoms with Crippen LogP contribution in [0.1, 0.15) is 38.5 Å². The third-order valence-corrected chi connectivity index (χ3v) is 4.05. The molecule has 1 saturated carbocycles. The molecule has 1 amide bonds. The highest BCUT2D eigenvalue weighted by molar-refractivity contribution is 7.80. The van der Waals surface area contributed by atoms with Gasteiger partial charge in [-0.15, -0.1) is 0 Å². The molecule has 1 heterocycles. The van der Waals surface area contributed by atoms with E-state index in [1.165, 1.54) is 0 Å². The minimum Gasteiger partial charge on any atom is -0.392 e. The summed E-state index contributed by atoms with van der Waals surface area (Å²) in [4.78, 5) is 20.8. The molecule has 0 saturated heterocycles. The zero-order valence-electron chi connectivity index (χ0n) is 10.8. The number of nitrogens with two attached hydrogens (primary N) is 1. The fourth-order valence-electron chi connectivity index (χ4n) is 2.50. The van der Waals surface area contributed by atoms with Gasteiger partial charge in [0.25, 0.3) is 0 Å². The molecule has 3 N–H and O–H groups in total. The van der Waals surface area contributed by atoms with Crippen LogP contribution in [0.5, 0.6) is 0 Å². The fraction of sp³-hybridized carbons (Fsp3) is 0.538. The summed E-state index contributed by atoms with van der Waals surface area (Å²) < 4.78 is 0. The highest BCUT2D eigenvalue weighted by Crippen LogP contribution is 2.36. The number of nitrogens with one attached hydrogen (secondary N) is 1. The molecule has 0 aromatic carbocycles. The van der Waals surface area contributed by atoms with Crippen LogP contribution in [0, 0.1) is 5.41 Å². The van der Waals surface area contributed by atoms with Crippen molar-refractivity contribution in [2.45, 2.75) is 38.5 Å². The monoisotopic (exact) mass is 278 g/mol. The second-order valence-corrected chi connectivity index (χ2v) is 5.33. The Balaban J connectivity index is 2.19. The lowest BCUT2D eigenvalue weighted by molar-refractivity contribution is -0.122. The van der Waals surface area contributed by atoms with Crippen LogP contribution in [-0.4, -0.2) is 20.9 Å². The van der Waals surface area contributed by atoms with Gasteiger partial charge in [-0.05, 0) is 18.9 Å². The second kappa shape index (κ2) is 6.06. The van der Waals surface area contributed by atoms with E-state index < -0.39 is 5.41 Å². The van der Waals surface area contributed by atoms with Crippen LogP contribution in [0.3, 0.4) is 0 Å². The van der Waals surface area contributed by atoms with Gasteiger partial charge < -0.3 is 5.73 Å². The van der Waals surface area contributed by atoms with E-state index in [1.54, 1.807) is 18.5 Å². The Morgan fingerprint density at radius 2 is 1.79 bits per heavy atom. The Labute approximate surface area is 118 Å². The summed E-state index contributed by atoms with van der Waals surface area (Å²) in [5, 5.41) is 2.73. The van der Waals surface area contributed by atoms with E-state index in [9.17, 15) is 4.79 Å². The first-order valence-electron chi connectivity index (χ1n) is 6.53. The van der Waals surface area contributed by atoms with E-state index in [0.29, 0.717) is 18.8 Å². The van der Waals surface area contributed by atoms with Gasteiger partial charge in [-0.1, -0.05) is 37.9 Å². The smallest absolute Gasteiger partial charge is 0.239 e. The van der Waals surface area contributed by atoms with Gasteiger partial charge in [-0.25, -0.2) is 9.97 Å². The Morgan fingerprint density at radius 3 is 2.32 bits per heavy atom. The molecule has 1 aromatic rings. The van der Waals surface area contributed by atoms with E-state index >= 15 is 0 Å². The standard InChI is InChI=1S/C13H18N4OS/c14-10(19)13(6-3-1-2-4-7-13)11(18)17-12-15-8-5-9-16-12/h5,8-9H,1-4,6-7H2,(H2,14,19)(H,15,16,17,18). The molecule has 0 atom stereocenters. The lowest BCUT2D eigenvalue weighted by Crippen LogP contribution is -2.46. The summed E-state index contributed by atoms with van der Waals surface area (Å²) in [7, 11) is 0. The van der Waals surface area contributed by atoms with Gasteiger partial charge in [-0.2, -0.15) is 0 Å². The maximum Gasteiger partial charge on any atom is 0.239 e. The second-order valence-electron chi connectivity index (χ2n) is 4.89. The van der Waals surface area contributed by atoms with Gasteiger partial charge in [0, 0.05) is 12.4 Å². The maximum absolute atomic E-state index is 12.5. The number of hydrogen-bond acceptors (Lipinski definition) is 4. The van der Waals surface area contributed by atoms with Crippen molar-refractivity contribution in [3.8, 4) is 0 Å². The van der Waals surface area contributed by atoms with Gasteiger partial charge in [0.1, 0.15) is 0 Å². The molecule has 1 aliphatic carbocycles. The highest BCUT2D eigenvalue weighted by Gasteiger charge is 2.41. The molecule has 5 nitrogen and oxygen atoms in total. The first-order valence-corrected chi connectivity index (χ1v) is 6.94. The third kappa shape index (κ3) is 3.07. The van der Waals surface area contributed by atoms with Crippen molar-refractivity contribution in [3.63, 3.8) is 0 Å². The Hall–Kier alpha value is -1.56. The molecule has 0 bridgehead atoms. The van der Waals surface area contributed by atoms with Crippen LogP contribution in [0.4, 0.5) is 5.95 Å². The van der Waals surface area contributed by atoms with Crippen LogP contribution >= 0.6 is 12.2 Å². The van der Waals surface area contributed by atoms with Crippen LogP contribution in [0.15, 0.2) is 18.5 Å². The van der Waals surface area contributed by atoms with Crippen molar-refractivity contribution >= 4 is 29.1 Å². The van der Waals surface area contributed by atoms with Crippen LogP contribution in [0.2, 0.25) is 0 Å². The third-order valence-electron chi connectivity index (χ3n) is 3.65. The van der Waals surface area contributed by atoms with E-state index in [1.807, 2.05) is 0 Å². The zero-order valence-corrected chi connectivity index (χ0v) is 11.6. The molecule has 0 aliphatic heterocycles. The summed E-state index contributed by atoms with van der Waals surface area (Å²) in [6.45, 7) is 0. The molecular formula is C13H18N4OS. The van der Waals surface area contributed by atoms with Gasteiger partial charge in [-0.3, -0.25) is 10.1 Å². The van der Waals surface area contributed by atoms with Crippen LogP contribution < -0.4 is 11.1 Å². The fourth-order valence-corrected chi connectivity index (χ4v) is 2.80. The normalized spacial score (nSPS) is 18.3. The van der Waals surface area contributed by atoms with Gasteiger partial charge in [0.15, 0.2) is 0 Å². The number of nitrogens with zero attached hydrogens (tertiary/aromatic N) is 2. The number of thiocarbonyl (C=S) groups is 1. The molecule has 1 aromatic heterocycles. The average Bonchev–Trinajstić information content (AvgIpc) is 2.66. The molecule has 1 aliphatic rings. The first kappa shape index (κ1) is 13.9. The van der Waals surface area contributed by atoms with Crippen LogP contribution in [-0.2, 0) is 4.79 Å². The lowest BCUT2D eigenvalue weighted by atomic mass is 9.79. The van der Waals surface area contributed by atoms with E-state index in [2.05, 4.69) is 15.3 Å². The summed E-state index contributed by atoms with van der Waals surface area (Å²) in [5.41, 5.74) is 5.11. The molecule has 102 valence electrons. The Morgan fingerprint density at radius 1 is 1.21 bits per heavy atom. The molecule has 19 heavy (non-hydrogen) atoms. The zero-order chi connectivity index (χ0) is 13.7. The van der Waals surface area contributed by atoms with Crippen molar-refractivity contribution in [3.05, 3.63) is 18.5 Å². The van der Waals surface area contributed by atoms with Crippen molar-refractivity contribution < 1.29 is 4.79 Å². The summed E-state index contributed by atoms with van der Waals surface area (Å²) in [6, 6.07) is 1.70. The largest absolute Gasteiger partial charge is 0.392 e. The number of hydrogen-bond donors (Lipinski definition) is 2. The summed E-state index contributed by atoms with van der Waals surface area (Å²) in [6.07, 6.45) is 8.79. The van der Waals surface area contributed by atoms with Crippen LogP contribution in [0.25, 0.3) is 0 Å².